The van der Waals surface area contributed by atoms with E-state index in [0.717, 1.165) is 19.3 Å². The van der Waals surface area contributed by atoms with E-state index in [1.54, 1.807) is 0 Å². The molecule has 2 unspecified atom stereocenters. The Bertz CT molecular complexity index is 733. The van der Waals surface area contributed by atoms with Crippen LogP contribution in [0.25, 0.3) is 0 Å². The van der Waals surface area contributed by atoms with Gasteiger partial charge in [0.25, 0.3) is 0 Å². The van der Waals surface area contributed by atoms with Crippen molar-refractivity contribution >= 4 is 11.6 Å². The number of hydrogen-bond acceptors (Lipinski definition) is 1. The molecule has 4 atom stereocenters. The van der Waals surface area contributed by atoms with E-state index in [-0.39, 0.29) is 16.9 Å². The minimum absolute atomic E-state index is 0.0375. The highest BCUT2D eigenvalue weighted by molar-refractivity contribution is 5.96. The van der Waals surface area contributed by atoms with Crippen LogP contribution in [0.2, 0.25) is 0 Å². The quantitative estimate of drug-likeness (QED) is 0.575. The molecule has 0 aromatic heterocycles. The standard InChI is InChI=1S/C19H21F4NO/c1-17-4-10-5-18(2,7-17)9-19(6-10,8-17)16(25)24-15-13(22)11(20)3-12(21)14(15)23/h3,10H,4-9H2,1-2H3,(H,24,25)/t10?,17-,18+,19?. The molecule has 4 fully saturated rings. The van der Waals surface area contributed by atoms with Crippen molar-refractivity contribution < 1.29 is 22.4 Å². The van der Waals surface area contributed by atoms with Crippen molar-refractivity contribution in [2.24, 2.45) is 22.2 Å². The first-order valence-corrected chi connectivity index (χ1v) is 8.69. The third-order valence-corrected chi connectivity index (χ3v) is 6.46. The number of amides is 1. The molecule has 0 aliphatic heterocycles. The van der Waals surface area contributed by atoms with Crippen LogP contribution in [0.15, 0.2) is 6.07 Å². The van der Waals surface area contributed by atoms with Crippen LogP contribution in [0.4, 0.5) is 23.2 Å². The third kappa shape index (κ3) is 2.48. The van der Waals surface area contributed by atoms with Crippen LogP contribution in [0.5, 0.6) is 0 Å². The van der Waals surface area contributed by atoms with Crippen molar-refractivity contribution in [3.63, 3.8) is 0 Å². The van der Waals surface area contributed by atoms with Gasteiger partial charge in [0.15, 0.2) is 23.3 Å². The summed E-state index contributed by atoms with van der Waals surface area (Å²) in [7, 11) is 0. The normalized spacial score (nSPS) is 38.9. The fourth-order valence-electron chi connectivity index (χ4n) is 6.63. The van der Waals surface area contributed by atoms with Crippen LogP contribution in [0.3, 0.4) is 0 Å². The second-order valence-corrected chi connectivity index (χ2v) is 9.21. The van der Waals surface area contributed by atoms with Gasteiger partial charge in [0.05, 0.1) is 5.41 Å². The minimum Gasteiger partial charge on any atom is -0.321 e. The van der Waals surface area contributed by atoms with Crippen molar-refractivity contribution in [1.29, 1.82) is 0 Å². The van der Waals surface area contributed by atoms with E-state index in [0.29, 0.717) is 25.2 Å². The molecule has 1 aromatic carbocycles. The highest BCUT2D eigenvalue weighted by Gasteiger charge is 2.62. The summed E-state index contributed by atoms with van der Waals surface area (Å²) in [4.78, 5) is 13.0. The summed E-state index contributed by atoms with van der Waals surface area (Å²) in [6.07, 6.45) is 5.15. The average Bonchev–Trinajstić information content (AvgIpc) is 2.45. The fraction of sp³-hybridized carbons (Fsp3) is 0.632. The molecule has 0 radical (unpaired) electrons. The Morgan fingerprint density at radius 3 is 1.96 bits per heavy atom. The van der Waals surface area contributed by atoms with Crippen molar-refractivity contribution in [3.05, 3.63) is 29.3 Å². The number of carbonyl (C=O) groups excluding carboxylic acids is 1. The molecule has 1 N–H and O–H groups in total. The number of hydrogen-bond donors (Lipinski definition) is 1. The molecule has 136 valence electrons. The largest absolute Gasteiger partial charge is 0.321 e. The molecule has 6 heteroatoms. The first kappa shape index (κ1) is 16.9. The van der Waals surface area contributed by atoms with Gasteiger partial charge < -0.3 is 5.32 Å². The molecule has 0 heterocycles. The molecule has 25 heavy (non-hydrogen) atoms. The Balaban J connectivity index is 1.69. The zero-order chi connectivity index (χ0) is 18.2. The topological polar surface area (TPSA) is 29.1 Å². The zero-order valence-electron chi connectivity index (χ0n) is 14.3. The van der Waals surface area contributed by atoms with Gasteiger partial charge in [0, 0.05) is 6.07 Å². The Hall–Kier alpha value is -1.59. The molecule has 1 aromatic rings. The summed E-state index contributed by atoms with van der Waals surface area (Å²) in [6.45, 7) is 4.33. The van der Waals surface area contributed by atoms with E-state index in [9.17, 15) is 22.4 Å². The lowest BCUT2D eigenvalue weighted by Crippen LogP contribution is -2.58. The van der Waals surface area contributed by atoms with Crippen molar-refractivity contribution in [3.8, 4) is 0 Å². The van der Waals surface area contributed by atoms with Gasteiger partial charge in [-0.2, -0.15) is 0 Å². The monoisotopic (exact) mass is 355 g/mol. The molecule has 4 aliphatic carbocycles. The molecule has 4 aliphatic rings. The summed E-state index contributed by atoms with van der Waals surface area (Å²) < 4.78 is 54.7. The Morgan fingerprint density at radius 1 is 0.960 bits per heavy atom. The van der Waals surface area contributed by atoms with Crippen molar-refractivity contribution in [1.82, 2.24) is 0 Å². The number of anilines is 1. The van der Waals surface area contributed by atoms with Gasteiger partial charge in [-0.05, 0) is 55.3 Å². The maximum absolute atomic E-state index is 13.9. The second kappa shape index (κ2) is 4.98. The highest BCUT2D eigenvalue weighted by atomic mass is 19.2. The predicted molar refractivity (Wildman–Crippen MR) is 84.7 cm³/mol. The van der Waals surface area contributed by atoms with Crippen LogP contribution in [0, 0.1) is 45.4 Å². The van der Waals surface area contributed by atoms with Crippen molar-refractivity contribution in [2.45, 2.75) is 52.4 Å². The van der Waals surface area contributed by atoms with E-state index >= 15 is 0 Å². The summed E-state index contributed by atoms with van der Waals surface area (Å²) in [5, 5.41) is 2.18. The molecule has 2 nitrogen and oxygen atoms in total. The second-order valence-electron chi connectivity index (χ2n) is 9.21. The number of nitrogens with one attached hydrogen (secondary N) is 1. The maximum Gasteiger partial charge on any atom is 0.230 e. The minimum atomic E-state index is -1.56. The first-order chi connectivity index (χ1) is 11.5. The van der Waals surface area contributed by atoms with Gasteiger partial charge in [-0.15, -0.1) is 0 Å². The van der Waals surface area contributed by atoms with E-state index < -0.39 is 40.3 Å². The molecule has 5 rings (SSSR count). The first-order valence-electron chi connectivity index (χ1n) is 8.69. The van der Waals surface area contributed by atoms with Gasteiger partial charge in [-0.3, -0.25) is 4.79 Å². The van der Waals surface area contributed by atoms with Gasteiger partial charge >= 0.3 is 0 Å². The average molecular weight is 355 g/mol. The lowest BCUT2D eigenvalue weighted by atomic mass is 9.40. The van der Waals surface area contributed by atoms with Gasteiger partial charge in [0.2, 0.25) is 5.91 Å². The number of benzene rings is 1. The summed E-state index contributed by atoms with van der Waals surface area (Å²) in [5.41, 5.74) is -1.66. The lowest BCUT2D eigenvalue weighted by molar-refractivity contribution is -0.165. The van der Waals surface area contributed by atoms with Crippen LogP contribution in [-0.4, -0.2) is 5.91 Å². The molecular formula is C19H21F4NO. The van der Waals surface area contributed by atoms with Crippen LogP contribution < -0.4 is 5.32 Å². The van der Waals surface area contributed by atoms with Gasteiger partial charge in [-0.25, -0.2) is 17.6 Å². The van der Waals surface area contributed by atoms with Gasteiger partial charge in [0.1, 0.15) is 5.69 Å². The molecule has 0 saturated heterocycles. The maximum atomic E-state index is 13.9. The fourth-order valence-corrected chi connectivity index (χ4v) is 6.63. The Labute approximate surface area is 144 Å². The smallest absolute Gasteiger partial charge is 0.230 e. The lowest BCUT2D eigenvalue weighted by Gasteiger charge is -2.64. The number of carbonyl (C=O) groups is 1. The van der Waals surface area contributed by atoms with E-state index in [1.807, 2.05) is 0 Å². The third-order valence-electron chi connectivity index (χ3n) is 6.46. The molecule has 0 spiro atoms. The van der Waals surface area contributed by atoms with Crippen LogP contribution in [-0.2, 0) is 4.79 Å². The predicted octanol–water partition coefficient (Wildman–Crippen LogP) is 5.18. The molecule has 1 amide bonds. The SMILES string of the molecule is C[C@]12CC3CC(C(=O)Nc4c(F)c(F)cc(F)c4F)(C1)C[C@@](C)(C3)C2. The molecule has 4 saturated carbocycles. The Kier molecular flexibility index (Phi) is 3.36. The summed E-state index contributed by atoms with van der Waals surface area (Å²) in [6, 6.07) is 0.146. The Morgan fingerprint density at radius 2 is 1.48 bits per heavy atom. The van der Waals surface area contributed by atoms with E-state index in [2.05, 4.69) is 19.2 Å². The van der Waals surface area contributed by atoms with E-state index in [4.69, 9.17) is 0 Å². The number of rotatable bonds is 2. The summed E-state index contributed by atoms with van der Waals surface area (Å²) >= 11 is 0. The van der Waals surface area contributed by atoms with Crippen LogP contribution >= 0.6 is 0 Å². The van der Waals surface area contributed by atoms with Gasteiger partial charge in [-0.1, -0.05) is 13.8 Å². The number of halogens is 4. The molecule has 4 bridgehead atoms. The highest BCUT2D eigenvalue weighted by Crippen LogP contribution is 2.69. The molecular weight excluding hydrogens is 334 g/mol. The zero-order valence-corrected chi connectivity index (χ0v) is 14.3. The summed E-state index contributed by atoms with van der Waals surface area (Å²) in [5.74, 6) is -6.26. The van der Waals surface area contributed by atoms with Crippen molar-refractivity contribution in [2.75, 3.05) is 5.32 Å². The van der Waals surface area contributed by atoms with Crippen LogP contribution in [0.1, 0.15) is 52.4 Å². The van der Waals surface area contributed by atoms with E-state index in [1.165, 1.54) is 0 Å².